The lowest BCUT2D eigenvalue weighted by molar-refractivity contribution is -0.153. The highest BCUT2D eigenvalue weighted by molar-refractivity contribution is 5.74. The van der Waals surface area contributed by atoms with Gasteiger partial charge in [-0.1, -0.05) is 0 Å². The molecule has 1 unspecified atom stereocenters. The second-order valence-corrected chi connectivity index (χ2v) is 5.79. The van der Waals surface area contributed by atoms with Crippen LogP contribution in [-0.2, 0) is 6.54 Å². The van der Waals surface area contributed by atoms with Gasteiger partial charge >= 0.3 is 12.2 Å². The van der Waals surface area contributed by atoms with Crippen molar-refractivity contribution < 1.29 is 22.4 Å². The van der Waals surface area contributed by atoms with Gasteiger partial charge in [-0.15, -0.1) is 0 Å². The second-order valence-electron chi connectivity index (χ2n) is 5.79. The standard InChI is InChI=1S/C14H21F3N4O2/c1-9-7-20(4-5-21(9)8-14(15,16)17)13(22)18-6-12-19-10(2)11(3)23-12/h9H,4-8H2,1-3H3,(H,18,22). The molecule has 0 spiro atoms. The summed E-state index contributed by atoms with van der Waals surface area (Å²) in [5.41, 5.74) is 0.767. The molecule has 0 bridgehead atoms. The van der Waals surface area contributed by atoms with E-state index in [9.17, 15) is 18.0 Å². The van der Waals surface area contributed by atoms with Crippen molar-refractivity contribution >= 4 is 6.03 Å². The summed E-state index contributed by atoms with van der Waals surface area (Å²) in [6.07, 6.45) is -4.22. The predicted octanol–water partition coefficient (Wildman–Crippen LogP) is 2.07. The lowest BCUT2D eigenvalue weighted by atomic mass is 10.2. The van der Waals surface area contributed by atoms with Crippen molar-refractivity contribution in [2.45, 2.75) is 39.5 Å². The molecule has 6 nitrogen and oxygen atoms in total. The second kappa shape index (κ2) is 6.77. The first kappa shape index (κ1) is 17.6. The average Bonchev–Trinajstić information content (AvgIpc) is 2.76. The van der Waals surface area contributed by atoms with Gasteiger partial charge in [-0.25, -0.2) is 9.78 Å². The maximum atomic E-state index is 12.5. The van der Waals surface area contributed by atoms with Gasteiger partial charge in [0.2, 0.25) is 5.89 Å². The first-order chi connectivity index (χ1) is 10.7. The number of hydrogen-bond donors (Lipinski definition) is 1. The van der Waals surface area contributed by atoms with E-state index in [1.807, 2.05) is 6.92 Å². The number of rotatable bonds is 3. The zero-order chi connectivity index (χ0) is 17.2. The maximum absolute atomic E-state index is 12.5. The Kier molecular flexibility index (Phi) is 5.18. The number of nitrogens with zero attached hydrogens (tertiary/aromatic N) is 3. The summed E-state index contributed by atoms with van der Waals surface area (Å²) in [4.78, 5) is 19.1. The van der Waals surface area contributed by atoms with E-state index >= 15 is 0 Å². The van der Waals surface area contributed by atoms with Gasteiger partial charge in [0.15, 0.2) is 0 Å². The van der Waals surface area contributed by atoms with Crippen molar-refractivity contribution in [3.8, 4) is 0 Å². The third kappa shape index (κ3) is 4.85. The topological polar surface area (TPSA) is 61.6 Å². The van der Waals surface area contributed by atoms with Gasteiger partial charge < -0.3 is 14.6 Å². The van der Waals surface area contributed by atoms with Crippen LogP contribution in [0.15, 0.2) is 4.42 Å². The van der Waals surface area contributed by atoms with Crippen molar-refractivity contribution in [1.29, 1.82) is 0 Å². The number of aryl methyl sites for hydroxylation is 2. The van der Waals surface area contributed by atoms with E-state index in [4.69, 9.17) is 4.42 Å². The molecule has 0 saturated carbocycles. The summed E-state index contributed by atoms with van der Waals surface area (Å²) >= 11 is 0. The van der Waals surface area contributed by atoms with Gasteiger partial charge in [-0.3, -0.25) is 4.90 Å². The lowest BCUT2D eigenvalue weighted by Crippen LogP contribution is -2.57. The van der Waals surface area contributed by atoms with Gasteiger partial charge in [0.1, 0.15) is 5.76 Å². The molecule has 130 valence electrons. The fourth-order valence-electron chi connectivity index (χ4n) is 2.52. The van der Waals surface area contributed by atoms with E-state index in [-0.39, 0.29) is 38.3 Å². The summed E-state index contributed by atoms with van der Waals surface area (Å²) in [5.74, 6) is 1.11. The Balaban J connectivity index is 1.82. The number of hydrogen-bond acceptors (Lipinski definition) is 4. The summed E-state index contributed by atoms with van der Waals surface area (Å²) < 4.78 is 42.7. The number of amides is 2. The summed E-state index contributed by atoms with van der Waals surface area (Å²) in [6, 6.07) is -0.667. The molecule has 0 aromatic carbocycles. The third-order valence-electron chi connectivity index (χ3n) is 3.90. The summed E-state index contributed by atoms with van der Waals surface area (Å²) in [6.45, 7) is 5.21. The highest BCUT2D eigenvalue weighted by atomic mass is 19.4. The molecular weight excluding hydrogens is 313 g/mol. The Bertz CT molecular complexity index is 539. The number of carbonyl (C=O) groups excluding carboxylic acids is 1. The van der Waals surface area contributed by atoms with Crippen molar-refractivity contribution in [3.05, 3.63) is 17.3 Å². The Morgan fingerprint density at radius 3 is 2.61 bits per heavy atom. The Morgan fingerprint density at radius 1 is 1.39 bits per heavy atom. The zero-order valence-corrected chi connectivity index (χ0v) is 13.4. The molecule has 1 aromatic rings. The van der Waals surface area contributed by atoms with Crippen LogP contribution in [0.4, 0.5) is 18.0 Å². The van der Waals surface area contributed by atoms with E-state index < -0.39 is 12.7 Å². The molecule has 1 saturated heterocycles. The molecule has 1 N–H and O–H groups in total. The summed E-state index contributed by atoms with van der Waals surface area (Å²) in [5, 5.41) is 2.68. The first-order valence-electron chi connectivity index (χ1n) is 7.42. The molecule has 0 radical (unpaired) electrons. The third-order valence-corrected chi connectivity index (χ3v) is 3.90. The zero-order valence-electron chi connectivity index (χ0n) is 13.4. The fraction of sp³-hybridized carbons (Fsp3) is 0.714. The Morgan fingerprint density at radius 2 is 2.09 bits per heavy atom. The minimum atomic E-state index is -4.22. The number of halogens is 3. The number of nitrogens with one attached hydrogen (secondary N) is 1. The lowest BCUT2D eigenvalue weighted by Gasteiger charge is -2.39. The number of aromatic nitrogens is 1. The van der Waals surface area contributed by atoms with E-state index in [1.165, 1.54) is 9.80 Å². The molecule has 1 aliphatic rings. The van der Waals surface area contributed by atoms with Crippen LogP contribution >= 0.6 is 0 Å². The number of piperazine rings is 1. The molecule has 1 fully saturated rings. The van der Waals surface area contributed by atoms with E-state index in [2.05, 4.69) is 10.3 Å². The van der Waals surface area contributed by atoms with Gasteiger partial charge in [0.25, 0.3) is 0 Å². The van der Waals surface area contributed by atoms with E-state index in [1.54, 1.807) is 13.8 Å². The van der Waals surface area contributed by atoms with E-state index in [0.717, 1.165) is 5.69 Å². The van der Waals surface area contributed by atoms with Crippen molar-refractivity contribution in [2.75, 3.05) is 26.2 Å². The molecular formula is C14H21F3N4O2. The summed E-state index contributed by atoms with van der Waals surface area (Å²) in [7, 11) is 0. The number of urea groups is 1. The van der Waals surface area contributed by atoms with Crippen LogP contribution < -0.4 is 5.32 Å². The number of alkyl halides is 3. The van der Waals surface area contributed by atoms with Crippen LogP contribution in [0.3, 0.4) is 0 Å². The molecule has 1 atom stereocenters. The smallest absolute Gasteiger partial charge is 0.401 e. The molecule has 2 heterocycles. The largest absolute Gasteiger partial charge is 0.444 e. The predicted molar refractivity (Wildman–Crippen MR) is 76.9 cm³/mol. The molecule has 23 heavy (non-hydrogen) atoms. The number of carbonyl (C=O) groups is 1. The molecule has 9 heteroatoms. The Hall–Kier alpha value is -1.77. The van der Waals surface area contributed by atoms with Crippen LogP contribution in [-0.4, -0.2) is 59.2 Å². The van der Waals surface area contributed by atoms with Gasteiger partial charge in [-0.05, 0) is 20.8 Å². The molecule has 2 amide bonds. The van der Waals surface area contributed by atoms with Gasteiger partial charge in [-0.2, -0.15) is 13.2 Å². The quantitative estimate of drug-likeness (QED) is 0.919. The Labute approximate surface area is 132 Å². The van der Waals surface area contributed by atoms with Crippen LogP contribution in [0.2, 0.25) is 0 Å². The maximum Gasteiger partial charge on any atom is 0.401 e. The van der Waals surface area contributed by atoms with Crippen LogP contribution in [0.5, 0.6) is 0 Å². The van der Waals surface area contributed by atoms with Crippen molar-refractivity contribution in [3.63, 3.8) is 0 Å². The van der Waals surface area contributed by atoms with Crippen LogP contribution in [0.1, 0.15) is 24.3 Å². The minimum absolute atomic E-state index is 0.157. The van der Waals surface area contributed by atoms with Crippen LogP contribution in [0, 0.1) is 13.8 Å². The van der Waals surface area contributed by atoms with Crippen molar-refractivity contribution in [2.24, 2.45) is 0 Å². The molecule has 1 aliphatic heterocycles. The highest BCUT2D eigenvalue weighted by Gasteiger charge is 2.35. The van der Waals surface area contributed by atoms with E-state index in [0.29, 0.717) is 11.7 Å². The monoisotopic (exact) mass is 334 g/mol. The average molecular weight is 334 g/mol. The van der Waals surface area contributed by atoms with Crippen molar-refractivity contribution in [1.82, 2.24) is 20.1 Å². The van der Waals surface area contributed by atoms with Gasteiger partial charge in [0.05, 0.1) is 18.8 Å². The molecule has 1 aromatic heterocycles. The fourth-order valence-corrected chi connectivity index (χ4v) is 2.52. The van der Waals surface area contributed by atoms with Gasteiger partial charge in [0, 0.05) is 25.7 Å². The minimum Gasteiger partial charge on any atom is -0.444 e. The normalized spacial score (nSPS) is 19.9. The number of oxazole rings is 1. The SMILES string of the molecule is Cc1nc(CNC(=O)N2CCN(CC(F)(F)F)C(C)C2)oc1C. The first-order valence-corrected chi connectivity index (χ1v) is 7.42. The molecule has 2 rings (SSSR count). The molecule has 0 aliphatic carbocycles. The highest BCUT2D eigenvalue weighted by Crippen LogP contribution is 2.20. The van der Waals surface area contributed by atoms with Crippen LogP contribution in [0.25, 0.3) is 0 Å².